The molecule has 1 saturated heterocycles. The maximum atomic E-state index is 9.42. The zero-order valence-electron chi connectivity index (χ0n) is 11.9. The second-order valence-electron chi connectivity index (χ2n) is 5.09. The largest absolute Gasteiger partial charge is 0.391 e. The van der Waals surface area contributed by atoms with Crippen LogP contribution < -0.4 is 4.90 Å². The van der Waals surface area contributed by atoms with E-state index in [0.29, 0.717) is 12.6 Å². The molecule has 108 valence electrons. The normalized spacial score (nSPS) is 19.9. The fraction of sp³-hybridized carbons (Fsp3) is 0.786. The number of hydrogen-bond donors (Lipinski definition) is 1. The van der Waals surface area contributed by atoms with Crippen LogP contribution in [0.3, 0.4) is 0 Å². The van der Waals surface area contributed by atoms with Crippen molar-refractivity contribution in [2.45, 2.75) is 58.3 Å². The lowest BCUT2D eigenvalue weighted by molar-refractivity contribution is 0.179. The first-order valence-corrected chi connectivity index (χ1v) is 7.96. The van der Waals surface area contributed by atoms with Gasteiger partial charge in [-0.2, -0.15) is 0 Å². The topological polar surface area (TPSA) is 45.6 Å². The zero-order valence-corrected chi connectivity index (χ0v) is 12.7. The highest BCUT2D eigenvalue weighted by atomic mass is 32.1. The van der Waals surface area contributed by atoms with E-state index < -0.39 is 0 Å². The van der Waals surface area contributed by atoms with Crippen molar-refractivity contribution >= 4 is 16.5 Å². The minimum Gasteiger partial charge on any atom is -0.391 e. The zero-order chi connectivity index (χ0) is 13.7. The predicted octanol–water partition coefficient (Wildman–Crippen LogP) is 2.94. The van der Waals surface area contributed by atoms with Crippen molar-refractivity contribution in [2.75, 3.05) is 18.6 Å². The van der Waals surface area contributed by atoms with Gasteiger partial charge in [0.25, 0.3) is 0 Å². The van der Waals surface area contributed by atoms with E-state index in [1.165, 1.54) is 32.1 Å². The molecule has 1 aliphatic rings. The maximum absolute atomic E-state index is 9.42. The summed E-state index contributed by atoms with van der Waals surface area (Å²) in [4.78, 5) is 8.07. The summed E-state index contributed by atoms with van der Waals surface area (Å²) < 4.78 is 5.16. The molecule has 0 aromatic carbocycles. The van der Waals surface area contributed by atoms with Gasteiger partial charge in [0.15, 0.2) is 5.13 Å². The van der Waals surface area contributed by atoms with Crippen molar-refractivity contribution in [1.29, 1.82) is 0 Å². The Kier molecular flexibility index (Phi) is 5.60. The predicted molar refractivity (Wildman–Crippen MR) is 78.6 cm³/mol. The molecule has 0 spiro atoms. The molecule has 2 rings (SSSR count). The third kappa shape index (κ3) is 3.46. The van der Waals surface area contributed by atoms with Crippen molar-refractivity contribution in [3.05, 3.63) is 10.6 Å². The van der Waals surface area contributed by atoms with Crippen molar-refractivity contribution in [2.24, 2.45) is 0 Å². The van der Waals surface area contributed by atoms with Crippen LogP contribution >= 0.6 is 11.3 Å². The molecule has 1 N–H and O–H groups in total. The number of aromatic nitrogens is 1. The molecular formula is C14H24N2O2S. The Bertz CT molecular complexity index is 393. The molecule has 4 nitrogen and oxygen atoms in total. The van der Waals surface area contributed by atoms with E-state index >= 15 is 0 Å². The minimum absolute atomic E-state index is 0.0582. The second-order valence-corrected chi connectivity index (χ2v) is 6.15. The van der Waals surface area contributed by atoms with Gasteiger partial charge in [-0.05, 0) is 25.7 Å². The number of ether oxygens (including phenoxy) is 1. The standard InChI is InChI=1S/C14H24N2O2S/c1-3-6-11-7-4-5-8-16(11)14-15-12(10-18-2)13(9-17)19-14/h11,17H,3-10H2,1-2H3. The summed E-state index contributed by atoms with van der Waals surface area (Å²) in [6.45, 7) is 3.88. The van der Waals surface area contributed by atoms with E-state index in [0.717, 1.165) is 22.2 Å². The van der Waals surface area contributed by atoms with Crippen LogP contribution in [0.1, 0.15) is 49.6 Å². The van der Waals surface area contributed by atoms with Gasteiger partial charge in [0.1, 0.15) is 0 Å². The molecule has 1 unspecified atom stereocenters. The summed E-state index contributed by atoms with van der Waals surface area (Å²) in [6.07, 6.45) is 6.28. The number of aliphatic hydroxyl groups is 1. The smallest absolute Gasteiger partial charge is 0.186 e. The lowest BCUT2D eigenvalue weighted by Crippen LogP contribution is -2.39. The van der Waals surface area contributed by atoms with Crippen molar-refractivity contribution in [1.82, 2.24) is 4.98 Å². The van der Waals surface area contributed by atoms with Crippen LogP contribution in [-0.4, -0.2) is 29.8 Å². The summed E-state index contributed by atoms with van der Waals surface area (Å²) >= 11 is 1.62. The number of thiazole rings is 1. The van der Waals surface area contributed by atoms with E-state index in [2.05, 4.69) is 16.8 Å². The number of aliphatic hydroxyl groups excluding tert-OH is 1. The molecule has 0 amide bonds. The van der Waals surface area contributed by atoms with Gasteiger partial charge in [-0.3, -0.25) is 0 Å². The Morgan fingerprint density at radius 1 is 1.47 bits per heavy atom. The Morgan fingerprint density at radius 2 is 2.32 bits per heavy atom. The number of anilines is 1. The third-order valence-electron chi connectivity index (χ3n) is 3.69. The Balaban J connectivity index is 2.18. The summed E-state index contributed by atoms with van der Waals surface area (Å²) in [5.74, 6) is 0. The highest BCUT2D eigenvalue weighted by molar-refractivity contribution is 7.15. The highest BCUT2D eigenvalue weighted by Gasteiger charge is 2.25. The summed E-state index contributed by atoms with van der Waals surface area (Å²) in [5, 5.41) is 10.5. The SMILES string of the molecule is CCCC1CCCCN1c1nc(COC)c(CO)s1. The molecule has 1 aromatic rings. The minimum atomic E-state index is 0.0582. The average molecular weight is 284 g/mol. The third-order valence-corrected chi connectivity index (χ3v) is 4.81. The monoisotopic (exact) mass is 284 g/mol. The van der Waals surface area contributed by atoms with Crippen molar-refractivity contribution < 1.29 is 9.84 Å². The molecule has 0 radical (unpaired) electrons. The van der Waals surface area contributed by atoms with Crippen molar-refractivity contribution in [3.63, 3.8) is 0 Å². The molecule has 5 heteroatoms. The molecular weight excluding hydrogens is 260 g/mol. The maximum Gasteiger partial charge on any atom is 0.186 e. The first kappa shape index (κ1) is 14.8. The van der Waals surface area contributed by atoms with Crippen LogP contribution in [0.4, 0.5) is 5.13 Å². The Labute approximate surface area is 119 Å². The molecule has 1 fully saturated rings. The fourth-order valence-corrected chi connectivity index (χ4v) is 3.77. The molecule has 0 saturated carbocycles. The number of methoxy groups -OCH3 is 1. The lowest BCUT2D eigenvalue weighted by atomic mass is 9.99. The van der Waals surface area contributed by atoms with Crippen molar-refractivity contribution in [3.8, 4) is 0 Å². The molecule has 19 heavy (non-hydrogen) atoms. The van der Waals surface area contributed by atoms with E-state index in [-0.39, 0.29) is 6.61 Å². The number of hydrogen-bond acceptors (Lipinski definition) is 5. The number of nitrogens with zero attached hydrogens (tertiary/aromatic N) is 2. The van der Waals surface area contributed by atoms with E-state index in [9.17, 15) is 5.11 Å². The van der Waals surface area contributed by atoms with Gasteiger partial charge in [0, 0.05) is 19.7 Å². The molecule has 1 atom stereocenters. The molecule has 0 aliphatic carbocycles. The van der Waals surface area contributed by atoms with Gasteiger partial charge in [0.2, 0.25) is 0 Å². The summed E-state index contributed by atoms with van der Waals surface area (Å²) in [5.41, 5.74) is 0.894. The van der Waals surface area contributed by atoms with Gasteiger partial charge < -0.3 is 14.7 Å². The highest BCUT2D eigenvalue weighted by Crippen LogP contribution is 2.32. The quantitative estimate of drug-likeness (QED) is 0.872. The fourth-order valence-electron chi connectivity index (χ4n) is 2.75. The summed E-state index contributed by atoms with van der Waals surface area (Å²) in [6, 6.07) is 0.617. The van der Waals surface area contributed by atoms with E-state index in [4.69, 9.17) is 4.74 Å². The van der Waals surface area contributed by atoms with Crippen LogP contribution in [0.15, 0.2) is 0 Å². The van der Waals surface area contributed by atoms with Crippen LogP contribution in [0, 0.1) is 0 Å². The van der Waals surface area contributed by atoms with Crippen LogP contribution in [0.5, 0.6) is 0 Å². The Morgan fingerprint density at radius 3 is 3.00 bits per heavy atom. The van der Waals surface area contributed by atoms with Gasteiger partial charge in [-0.1, -0.05) is 24.7 Å². The van der Waals surface area contributed by atoms with E-state index in [1.807, 2.05) is 0 Å². The van der Waals surface area contributed by atoms with Gasteiger partial charge >= 0.3 is 0 Å². The molecule has 1 aromatic heterocycles. The van der Waals surface area contributed by atoms with Gasteiger partial charge in [0.05, 0.1) is 23.8 Å². The molecule has 2 heterocycles. The average Bonchev–Trinajstić information content (AvgIpc) is 2.83. The first-order valence-electron chi connectivity index (χ1n) is 7.15. The van der Waals surface area contributed by atoms with Gasteiger partial charge in [-0.25, -0.2) is 4.98 Å². The number of rotatable bonds is 6. The Hall–Kier alpha value is -0.650. The lowest BCUT2D eigenvalue weighted by Gasteiger charge is -2.35. The van der Waals surface area contributed by atoms with Crippen LogP contribution in [-0.2, 0) is 18.0 Å². The second kappa shape index (κ2) is 7.22. The first-order chi connectivity index (χ1) is 9.30. The molecule has 1 aliphatic heterocycles. The molecule has 0 bridgehead atoms. The van der Waals surface area contributed by atoms with Crippen LogP contribution in [0.2, 0.25) is 0 Å². The summed E-state index contributed by atoms with van der Waals surface area (Å²) in [7, 11) is 1.67. The van der Waals surface area contributed by atoms with Gasteiger partial charge in [-0.15, -0.1) is 0 Å². The van der Waals surface area contributed by atoms with E-state index in [1.54, 1.807) is 18.4 Å². The number of piperidine rings is 1. The van der Waals surface area contributed by atoms with Crippen LogP contribution in [0.25, 0.3) is 0 Å².